The van der Waals surface area contributed by atoms with Gasteiger partial charge in [-0.15, -0.1) is 0 Å². The van der Waals surface area contributed by atoms with Crippen LogP contribution in [0.5, 0.6) is 5.75 Å². The fraction of sp³-hybridized carbons (Fsp3) is 0.200. The fourth-order valence-corrected chi connectivity index (χ4v) is 3.25. The van der Waals surface area contributed by atoms with E-state index in [9.17, 15) is 4.39 Å². The van der Waals surface area contributed by atoms with Crippen LogP contribution >= 0.6 is 27.5 Å². The van der Waals surface area contributed by atoms with E-state index in [1.165, 1.54) is 17.7 Å². The second-order valence-electron chi connectivity index (χ2n) is 4.68. The highest BCUT2D eigenvalue weighted by atomic mass is 79.9. The molecule has 2 aromatic carbocycles. The smallest absolute Gasteiger partial charge is 0.125 e. The van der Waals surface area contributed by atoms with Gasteiger partial charge in [0.05, 0.1) is 17.3 Å². The van der Waals surface area contributed by atoms with E-state index < -0.39 is 0 Å². The molecule has 1 heterocycles. The third-order valence-electron chi connectivity index (χ3n) is 3.23. The van der Waals surface area contributed by atoms with Crippen LogP contribution in [-0.4, -0.2) is 12.6 Å². The quantitative estimate of drug-likeness (QED) is 0.864. The van der Waals surface area contributed by atoms with Gasteiger partial charge >= 0.3 is 0 Å². The molecule has 20 heavy (non-hydrogen) atoms. The zero-order chi connectivity index (χ0) is 14.1. The van der Waals surface area contributed by atoms with Gasteiger partial charge in [0.2, 0.25) is 0 Å². The summed E-state index contributed by atoms with van der Waals surface area (Å²) in [5.41, 5.74) is 1.90. The van der Waals surface area contributed by atoms with E-state index >= 15 is 0 Å². The Morgan fingerprint density at radius 2 is 2.15 bits per heavy atom. The number of hydrogen-bond donors (Lipinski definition) is 1. The lowest BCUT2D eigenvalue weighted by molar-refractivity contribution is 0.246. The van der Waals surface area contributed by atoms with Crippen molar-refractivity contribution < 1.29 is 9.13 Å². The predicted molar refractivity (Wildman–Crippen MR) is 82.2 cm³/mol. The molecule has 3 rings (SSSR count). The Labute approximate surface area is 130 Å². The number of para-hydroxylation sites is 1. The number of ether oxygens (including phenoxy) is 1. The van der Waals surface area contributed by atoms with Crippen LogP contribution in [0.2, 0.25) is 5.02 Å². The SMILES string of the molecule is Fc1cc(Cl)c(NCC2Cc3ccccc3O2)c(Br)c1. The fourth-order valence-electron chi connectivity index (χ4n) is 2.29. The molecule has 0 aromatic heterocycles. The van der Waals surface area contributed by atoms with Crippen LogP contribution in [0.3, 0.4) is 0 Å². The Bertz CT molecular complexity index is 602. The highest BCUT2D eigenvalue weighted by Crippen LogP contribution is 2.33. The lowest BCUT2D eigenvalue weighted by Crippen LogP contribution is -2.24. The Kier molecular flexibility index (Phi) is 3.85. The van der Waals surface area contributed by atoms with Crippen LogP contribution in [0.4, 0.5) is 10.1 Å². The molecular weight excluding hydrogens is 345 g/mol. The van der Waals surface area contributed by atoms with Crippen molar-refractivity contribution in [3.05, 3.63) is 57.3 Å². The van der Waals surface area contributed by atoms with Crippen molar-refractivity contribution in [3.8, 4) is 5.75 Å². The standard InChI is InChI=1S/C15H12BrClFNO/c16-12-6-10(18)7-13(17)15(12)19-8-11-5-9-3-1-2-4-14(9)20-11/h1-4,6-7,11,19H,5,8H2. The second kappa shape index (κ2) is 5.62. The molecule has 0 radical (unpaired) electrons. The molecule has 0 saturated carbocycles. The predicted octanol–water partition coefficient (Wildman–Crippen LogP) is 4.66. The van der Waals surface area contributed by atoms with Crippen LogP contribution in [0, 0.1) is 5.82 Å². The summed E-state index contributed by atoms with van der Waals surface area (Å²) in [6.45, 7) is 0.610. The summed E-state index contributed by atoms with van der Waals surface area (Å²) in [6.07, 6.45) is 0.917. The van der Waals surface area contributed by atoms with Gasteiger partial charge in [0.1, 0.15) is 17.7 Å². The number of rotatable bonds is 3. The van der Waals surface area contributed by atoms with Crippen molar-refractivity contribution in [2.24, 2.45) is 0 Å². The molecule has 0 fully saturated rings. The average Bonchev–Trinajstić information content (AvgIpc) is 2.80. The Morgan fingerprint density at radius 1 is 1.35 bits per heavy atom. The van der Waals surface area contributed by atoms with E-state index in [0.717, 1.165) is 12.2 Å². The minimum Gasteiger partial charge on any atom is -0.488 e. The van der Waals surface area contributed by atoms with Gasteiger partial charge in [-0.3, -0.25) is 0 Å². The van der Waals surface area contributed by atoms with Crippen LogP contribution < -0.4 is 10.1 Å². The summed E-state index contributed by atoms with van der Waals surface area (Å²) >= 11 is 9.34. The molecule has 1 aliphatic heterocycles. The minimum absolute atomic E-state index is 0.0559. The number of hydrogen-bond acceptors (Lipinski definition) is 2. The largest absolute Gasteiger partial charge is 0.488 e. The van der Waals surface area contributed by atoms with Crippen molar-refractivity contribution in [3.63, 3.8) is 0 Å². The first kappa shape index (κ1) is 13.7. The van der Waals surface area contributed by atoms with Gasteiger partial charge in [-0.2, -0.15) is 0 Å². The molecule has 0 spiro atoms. The first-order chi connectivity index (χ1) is 9.63. The number of halogens is 3. The average molecular weight is 357 g/mol. The van der Waals surface area contributed by atoms with E-state index in [-0.39, 0.29) is 11.9 Å². The summed E-state index contributed by atoms with van der Waals surface area (Å²) in [5.74, 6) is 0.570. The number of benzene rings is 2. The Morgan fingerprint density at radius 3 is 2.90 bits per heavy atom. The van der Waals surface area contributed by atoms with Crippen LogP contribution in [0.15, 0.2) is 40.9 Å². The highest BCUT2D eigenvalue weighted by molar-refractivity contribution is 9.10. The molecule has 1 unspecified atom stereocenters. The third-order valence-corrected chi connectivity index (χ3v) is 4.15. The molecule has 1 aliphatic rings. The van der Waals surface area contributed by atoms with Crippen molar-refractivity contribution >= 4 is 33.2 Å². The molecule has 1 N–H and O–H groups in total. The van der Waals surface area contributed by atoms with Gasteiger partial charge in [0.15, 0.2) is 0 Å². The molecule has 0 saturated heterocycles. The topological polar surface area (TPSA) is 21.3 Å². The molecule has 104 valence electrons. The monoisotopic (exact) mass is 355 g/mol. The van der Waals surface area contributed by atoms with E-state index in [0.29, 0.717) is 21.7 Å². The van der Waals surface area contributed by atoms with Gasteiger partial charge in [-0.1, -0.05) is 29.8 Å². The first-order valence-electron chi connectivity index (χ1n) is 6.26. The van der Waals surface area contributed by atoms with Crippen LogP contribution in [0.1, 0.15) is 5.56 Å². The van der Waals surface area contributed by atoms with Crippen molar-refractivity contribution in [1.82, 2.24) is 0 Å². The summed E-state index contributed by atoms with van der Waals surface area (Å²) in [4.78, 5) is 0. The van der Waals surface area contributed by atoms with E-state index in [1.807, 2.05) is 18.2 Å². The lowest BCUT2D eigenvalue weighted by atomic mass is 10.1. The van der Waals surface area contributed by atoms with Gasteiger partial charge in [-0.05, 0) is 39.7 Å². The van der Waals surface area contributed by atoms with Gasteiger partial charge in [0.25, 0.3) is 0 Å². The summed E-state index contributed by atoms with van der Waals surface area (Å²) in [5, 5.41) is 3.57. The van der Waals surface area contributed by atoms with Crippen LogP contribution in [0.25, 0.3) is 0 Å². The minimum atomic E-state index is -0.364. The highest BCUT2D eigenvalue weighted by Gasteiger charge is 2.22. The van der Waals surface area contributed by atoms with Crippen molar-refractivity contribution in [1.29, 1.82) is 0 Å². The van der Waals surface area contributed by atoms with Gasteiger partial charge < -0.3 is 10.1 Å². The van der Waals surface area contributed by atoms with Crippen molar-refractivity contribution in [2.75, 3.05) is 11.9 Å². The molecular formula is C15H12BrClFNO. The maximum absolute atomic E-state index is 13.2. The van der Waals surface area contributed by atoms with Crippen LogP contribution in [-0.2, 0) is 6.42 Å². The van der Waals surface area contributed by atoms with E-state index in [1.54, 1.807) is 0 Å². The van der Waals surface area contributed by atoms with Gasteiger partial charge in [-0.25, -0.2) is 4.39 Å². The van der Waals surface area contributed by atoms with Crippen molar-refractivity contribution in [2.45, 2.75) is 12.5 Å². The maximum Gasteiger partial charge on any atom is 0.125 e. The zero-order valence-corrected chi connectivity index (χ0v) is 12.8. The summed E-state index contributed by atoms with van der Waals surface area (Å²) < 4.78 is 19.6. The normalized spacial score (nSPS) is 16.6. The van der Waals surface area contributed by atoms with Gasteiger partial charge in [0, 0.05) is 10.9 Å². The third kappa shape index (κ3) is 2.76. The molecule has 0 bridgehead atoms. The summed E-state index contributed by atoms with van der Waals surface area (Å²) in [6, 6.07) is 10.7. The Hall–Kier alpha value is -1.26. The van der Waals surface area contributed by atoms with E-state index in [2.05, 4.69) is 27.3 Å². The van der Waals surface area contributed by atoms with E-state index in [4.69, 9.17) is 16.3 Å². The second-order valence-corrected chi connectivity index (χ2v) is 5.94. The molecule has 2 nitrogen and oxygen atoms in total. The Balaban J connectivity index is 1.67. The molecule has 0 aliphatic carbocycles. The molecule has 5 heteroatoms. The number of fused-ring (bicyclic) bond motifs is 1. The first-order valence-corrected chi connectivity index (χ1v) is 7.43. The number of anilines is 1. The molecule has 0 amide bonds. The lowest BCUT2D eigenvalue weighted by Gasteiger charge is -2.15. The molecule has 2 aromatic rings. The number of nitrogens with one attached hydrogen (secondary N) is 1. The summed E-state index contributed by atoms with van der Waals surface area (Å²) in [7, 11) is 0. The zero-order valence-electron chi connectivity index (χ0n) is 10.5. The molecule has 1 atom stereocenters. The maximum atomic E-state index is 13.2.